The molecule has 1 aromatic rings. The third-order valence-corrected chi connectivity index (χ3v) is 2.43. The summed E-state index contributed by atoms with van der Waals surface area (Å²) in [7, 11) is 0. The van der Waals surface area contributed by atoms with Crippen LogP contribution in [0.2, 0.25) is 0 Å². The second kappa shape index (κ2) is 3.70. The topological polar surface area (TPSA) is 36.3 Å². The number of amidine groups is 1. The summed E-state index contributed by atoms with van der Waals surface area (Å²) in [5, 5.41) is 7.68. The Morgan fingerprint density at radius 1 is 1.43 bits per heavy atom. The fraction of sp³-hybridized carbons (Fsp3) is 0.364. The van der Waals surface area contributed by atoms with E-state index in [4.69, 9.17) is 10.1 Å². The zero-order chi connectivity index (χ0) is 9.97. The summed E-state index contributed by atoms with van der Waals surface area (Å²) < 4.78 is 5.39. The van der Waals surface area contributed by atoms with Crippen LogP contribution in [0.5, 0.6) is 0 Å². The summed E-state index contributed by atoms with van der Waals surface area (Å²) in [6.07, 6.45) is 1.12. The lowest BCUT2D eigenvalue weighted by atomic mass is 10.2. The lowest BCUT2D eigenvalue weighted by Gasteiger charge is -2.13. The normalized spacial score (nSPS) is 21.1. The maximum absolute atomic E-state index is 7.68. The molecule has 74 valence electrons. The van der Waals surface area contributed by atoms with Crippen molar-refractivity contribution in [2.75, 3.05) is 11.4 Å². The maximum atomic E-state index is 7.68. The van der Waals surface area contributed by atoms with Crippen molar-refractivity contribution in [2.45, 2.75) is 19.4 Å². The van der Waals surface area contributed by atoms with Gasteiger partial charge in [0.2, 0.25) is 0 Å². The molecule has 1 unspecified atom stereocenters. The summed E-state index contributed by atoms with van der Waals surface area (Å²) >= 11 is 0. The summed E-state index contributed by atoms with van der Waals surface area (Å²) in [5.74, 6) is 0. The zero-order valence-electron chi connectivity index (χ0n) is 8.23. The number of ether oxygens (including phenoxy) is 1. The Bertz CT molecular complexity index is 323. The van der Waals surface area contributed by atoms with E-state index in [9.17, 15) is 0 Å². The molecule has 0 aromatic heterocycles. The summed E-state index contributed by atoms with van der Waals surface area (Å²) in [6, 6.07) is 10.2. The molecule has 3 nitrogen and oxygen atoms in total. The molecule has 0 radical (unpaired) electrons. The lowest BCUT2D eigenvalue weighted by Crippen LogP contribution is -2.24. The van der Waals surface area contributed by atoms with Crippen LogP contribution in [0.1, 0.15) is 13.3 Å². The Labute approximate surface area is 83.8 Å². The van der Waals surface area contributed by atoms with Crippen LogP contribution in [0.4, 0.5) is 5.69 Å². The monoisotopic (exact) mass is 190 g/mol. The van der Waals surface area contributed by atoms with Gasteiger partial charge in [0, 0.05) is 5.69 Å². The molecule has 1 aromatic carbocycles. The molecule has 1 atom stereocenters. The van der Waals surface area contributed by atoms with Crippen LogP contribution in [-0.2, 0) is 4.74 Å². The van der Waals surface area contributed by atoms with Gasteiger partial charge in [-0.1, -0.05) is 25.1 Å². The number of nitrogens with one attached hydrogen (secondary N) is 1. The van der Waals surface area contributed by atoms with Gasteiger partial charge in [0.05, 0.1) is 6.54 Å². The fourth-order valence-corrected chi connectivity index (χ4v) is 1.59. The van der Waals surface area contributed by atoms with Gasteiger partial charge in [0.15, 0.2) is 0 Å². The second-order valence-electron chi connectivity index (χ2n) is 3.40. The first kappa shape index (κ1) is 9.06. The molecule has 0 bridgehead atoms. The number of hydrogen-bond donors (Lipinski definition) is 1. The van der Waals surface area contributed by atoms with Gasteiger partial charge in [0.1, 0.15) is 6.10 Å². The van der Waals surface area contributed by atoms with Gasteiger partial charge in [-0.3, -0.25) is 10.3 Å². The van der Waals surface area contributed by atoms with Crippen molar-refractivity contribution in [1.82, 2.24) is 0 Å². The Balaban J connectivity index is 2.17. The van der Waals surface area contributed by atoms with E-state index in [1.807, 2.05) is 35.2 Å². The minimum Gasteiger partial charge on any atom is -0.460 e. The molecule has 1 saturated heterocycles. The highest BCUT2D eigenvalue weighted by molar-refractivity contribution is 5.91. The van der Waals surface area contributed by atoms with Gasteiger partial charge in [-0.2, -0.15) is 0 Å². The third-order valence-electron chi connectivity index (χ3n) is 2.43. The SMILES string of the molecule is CCC1CN(c2ccccc2)C(=N)O1. The largest absolute Gasteiger partial charge is 0.460 e. The molecule has 3 heteroatoms. The highest BCUT2D eigenvalue weighted by atomic mass is 16.5. The first-order valence-corrected chi connectivity index (χ1v) is 4.89. The minimum atomic E-state index is 0.169. The number of benzene rings is 1. The van der Waals surface area contributed by atoms with E-state index in [2.05, 4.69) is 6.92 Å². The molecule has 1 aliphatic heterocycles. The standard InChI is InChI=1S/C11H14N2O/c1-2-10-8-13(11(12)14-10)9-6-4-3-5-7-9/h3-7,10,12H,2,8H2,1H3. The van der Waals surface area contributed by atoms with Crippen molar-refractivity contribution in [3.05, 3.63) is 30.3 Å². The Morgan fingerprint density at radius 3 is 2.71 bits per heavy atom. The Kier molecular flexibility index (Phi) is 2.39. The van der Waals surface area contributed by atoms with Crippen molar-refractivity contribution in [3.8, 4) is 0 Å². The summed E-state index contributed by atoms with van der Waals surface area (Å²) in [6.45, 7) is 2.87. The summed E-state index contributed by atoms with van der Waals surface area (Å²) in [4.78, 5) is 1.90. The molecular weight excluding hydrogens is 176 g/mol. The van der Waals surface area contributed by atoms with Crippen LogP contribution in [-0.4, -0.2) is 18.7 Å². The Morgan fingerprint density at radius 2 is 2.14 bits per heavy atom. The molecule has 1 heterocycles. The van der Waals surface area contributed by atoms with Crippen LogP contribution < -0.4 is 4.90 Å². The molecule has 2 rings (SSSR count). The van der Waals surface area contributed by atoms with Crippen LogP contribution in [0.25, 0.3) is 0 Å². The van der Waals surface area contributed by atoms with Crippen LogP contribution in [0, 0.1) is 5.41 Å². The van der Waals surface area contributed by atoms with E-state index in [1.54, 1.807) is 0 Å². The average molecular weight is 190 g/mol. The molecule has 1 fully saturated rings. The number of hydrogen-bond acceptors (Lipinski definition) is 2. The van der Waals surface area contributed by atoms with Gasteiger partial charge in [-0.25, -0.2) is 0 Å². The number of rotatable bonds is 2. The number of anilines is 1. The maximum Gasteiger partial charge on any atom is 0.289 e. The van der Waals surface area contributed by atoms with E-state index in [1.165, 1.54) is 0 Å². The van der Waals surface area contributed by atoms with E-state index >= 15 is 0 Å². The van der Waals surface area contributed by atoms with Gasteiger partial charge in [0.25, 0.3) is 6.02 Å². The first-order chi connectivity index (χ1) is 6.81. The first-order valence-electron chi connectivity index (χ1n) is 4.89. The van der Waals surface area contributed by atoms with Gasteiger partial charge < -0.3 is 4.74 Å². The van der Waals surface area contributed by atoms with Crippen molar-refractivity contribution < 1.29 is 4.74 Å². The molecule has 1 aliphatic rings. The number of para-hydroxylation sites is 1. The highest BCUT2D eigenvalue weighted by Crippen LogP contribution is 2.21. The second-order valence-corrected chi connectivity index (χ2v) is 3.40. The van der Waals surface area contributed by atoms with E-state index in [-0.39, 0.29) is 12.1 Å². The van der Waals surface area contributed by atoms with E-state index < -0.39 is 0 Å². The molecule has 0 amide bonds. The van der Waals surface area contributed by atoms with Crippen LogP contribution >= 0.6 is 0 Å². The minimum absolute atomic E-state index is 0.169. The molecular formula is C11H14N2O. The Hall–Kier alpha value is -1.51. The predicted octanol–water partition coefficient (Wildman–Crippen LogP) is 2.24. The third kappa shape index (κ3) is 1.58. The van der Waals surface area contributed by atoms with Crippen molar-refractivity contribution in [2.24, 2.45) is 0 Å². The van der Waals surface area contributed by atoms with Crippen LogP contribution in [0.15, 0.2) is 30.3 Å². The molecule has 0 aliphatic carbocycles. The predicted molar refractivity (Wildman–Crippen MR) is 56.7 cm³/mol. The average Bonchev–Trinajstić information content (AvgIpc) is 2.61. The molecule has 1 N–H and O–H groups in total. The van der Waals surface area contributed by atoms with Crippen molar-refractivity contribution >= 4 is 11.7 Å². The zero-order valence-corrected chi connectivity index (χ0v) is 8.23. The quantitative estimate of drug-likeness (QED) is 0.776. The number of nitrogens with zero attached hydrogens (tertiary/aromatic N) is 1. The fourth-order valence-electron chi connectivity index (χ4n) is 1.59. The van der Waals surface area contributed by atoms with Crippen LogP contribution in [0.3, 0.4) is 0 Å². The molecule has 0 spiro atoms. The molecule has 0 saturated carbocycles. The lowest BCUT2D eigenvalue weighted by molar-refractivity contribution is 0.224. The van der Waals surface area contributed by atoms with Gasteiger partial charge in [-0.05, 0) is 18.6 Å². The van der Waals surface area contributed by atoms with E-state index in [0.29, 0.717) is 0 Å². The van der Waals surface area contributed by atoms with Crippen molar-refractivity contribution in [1.29, 1.82) is 5.41 Å². The summed E-state index contributed by atoms with van der Waals surface area (Å²) in [5.41, 5.74) is 1.04. The van der Waals surface area contributed by atoms with E-state index in [0.717, 1.165) is 18.7 Å². The smallest absolute Gasteiger partial charge is 0.289 e. The van der Waals surface area contributed by atoms with Gasteiger partial charge in [-0.15, -0.1) is 0 Å². The highest BCUT2D eigenvalue weighted by Gasteiger charge is 2.27. The molecule has 14 heavy (non-hydrogen) atoms. The van der Waals surface area contributed by atoms with Crippen molar-refractivity contribution in [3.63, 3.8) is 0 Å². The van der Waals surface area contributed by atoms with Gasteiger partial charge >= 0.3 is 0 Å².